The van der Waals surface area contributed by atoms with Crippen molar-refractivity contribution in [2.75, 3.05) is 0 Å². The Balaban J connectivity index is 0.000000150. The lowest BCUT2D eigenvalue weighted by Gasteiger charge is -2.12. The lowest BCUT2D eigenvalue weighted by atomic mass is 9.95. The molecule has 0 aliphatic rings. The molecule has 0 spiro atoms. The molecule has 12 aromatic carbocycles. The van der Waals surface area contributed by atoms with Gasteiger partial charge in [0, 0.05) is 62.6 Å². The third-order valence-electron chi connectivity index (χ3n) is 21.6. The topological polar surface area (TPSA) is 291 Å². The highest BCUT2D eigenvalue weighted by Gasteiger charge is 2.30. The second kappa shape index (κ2) is 42.5. The SMILES string of the molecule is Cc1cc(C(=O)c2sc3cc(O)ccc3c2Oc2ccc(/C=C/OC=O)cc2)cc(C)c1C.Cc1cc(C)c(C(=O)c2sc3cc(O)ccc3c2Oc2ccc(/C=C/OC=O)cc2)c(C)c1.Cc1cc(C)c(C(=O)c2sc3cc(O)ccc3c2Oc2ccc(/C=C/OC=O)cc2)cc1C.Cc1cc(C)c(C)c(C(=O)c2sc3cc(O)ccc3c2Oc2ccc(/C=C/OC=O)cc2)c1. The van der Waals surface area contributed by atoms with Crippen LogP contribution in [0.4, 0.5) is 0 Å². The van der Waals surface area contributed by atoms with Crippen molar-refractivity contribution >= 4 is 159 Å². The number of carbonyl (C=O) groups excluding carboxylic acids is 8. The molecule has 0 amide bonds. The van der Waals surface area contributed by atoms with E-state index in [4.69, 9.17) is 18.9 Å². The van der Waals surface area contributed by atoms with Crippen LogP contribution in [-0.4, -0.2) is 69.4 Å². The van der Waals surface area contributed by atoms with Crippen molar-refractivity contribution in [2.24, 2.45) is 0 Å². The number of fused-ring (bicyclic) bond motifs is 4. The molecule has 20 nitrogen and oxygen atoms in total. The molecule has 4 heterocycles. The van der Waals surface area contributed by atoms with Gasteiger partial charge in [-0.1, -0.05) is 83.9 Å². The van der Waals surface area contributed by atoms with Crippen LogP contribution in [0.1, 0.15) is 150 Å². The van der Waals surface area contributed by atoms with Crippen molar-refractivity contribution in [3.63, 3.8) is 0 Å². The lowest BCUT2D eigenvalue weighted by molar-refractivity contribution is -0.124. The van der Waals surface area contributed by atoms with Gasteiger partial charge >= 0.3 is 0 Å². The summed E-state index contributed by atoms with van der Waals surface area (Å²) in [4.78, 5) is 97.5. The number of benzene rings is 12. The first-order valence-corrected chi connectivity index (χ1v) is 44.4. The molecule has 4 aromatic heterocycles. The number of phenols is 4. The van der Waals surface area contributed by atoms with Gasteiger partial charge in [-0.2, -0.15) is 0 Å². The third-order valence-corrected chi connectivity index (χ3v) is 26.1. The van der Waals surface area contributed by atoms with E-state index in [2.05, 4.69) is 25.0 Å². The minimum atomic E-state index is -0.123. The Morgan fingerprint density at radius 2 is 0.545 bits per heavy atom. The fourth-order valence-corrected chi connectivity index (χ4v) is 19.1. The molecule has 16 rings (SSSR count). The molecule has 0 aliphatic carbocycles. The fourth-order valence-electron chi connectivity index (χ4n) is 14.6. The van der Waals surface area contributed by atoms with Crippen LogP contribution in [0.15, 0.2) is 243 Å². The third kappa shape index (κ3) is 22.4. The number of thiophene rings is 4. The molecule has 24 heteroatoms. The normalized spacial score (nSPS) is 11.1. The van der Waals surface area contributed by atoms with E-state index in [9.17, 15) is 58.8 Å². The molecule has 16 aromatic rings. The summed E-state index contributed by atoms with van der Waals surface area (Å²) in [5, 5.41) is 42.8. The Bertz CT molecular complexity index is 7190. The average molecular weight is 1830 g/mol. The van der Waals surface area contributed by atoms with E-state index in [0.717, 1.165) is 129 Å². The van der Waals surface area contributed by atoms with Crippen molar-refractivity contribution in [3.8, 4) is 69.0 Å². The predicted octanol–water partition coefficient (Wildman–Crippen LogP) is 26.8. The second-order valence-electron chi connectivity index (χ2n) is 30.9. The van der Waals surface area contributed by atoms with E-state index in [-0.39, 0.29) is 46.1 Å². The first-order valence-electron chi connectivity index (χ1n) is 41.1. The minimum absolute atomic E-state index is 0.105. The summed E-state index contributed by atoms with van der Waals surface area (Å²) in [5.74, 6) is 4.15. The van der Waals surface area contributed by atoms with Crippen molar-refractivity contribution in [3.05, 3.63) is 374 Å². The highest BCUT2D eigenvalue weighted by Crippen LogP contribution is 2.49. The van der Waals surface area contributed by atoms with Crippen LogP contribution in [0.5, 0.6) is 69.0 Å². The van der Waals surface area contributed by atoms with Gasteiger partial charge in [-0.05, 0) is 331 Å². The van der Waals surface area contributed by atoms with Crippen LogP contribution in [0.2, 0.25) is 0 Å². The molecule has 0 atom stereocenters. The molecule has 4 N–H and O–H groups in total. The van der Waals surface area contributed by atoms with Crippen molar-refractivity contribution in [1.82, 2.24) is 0 Å². The van der Waals surface area contributed by atoms with Crippen LogP contribution in [0.25, 0.3) is 64.6 Å². The lowest BCUT2D eigenvalue weighted by Crippen LogP contribution is -2.06. The van der Waals surface area contributed by atoms with Crippen molar-refractivity contribution in [1.29, 1.82) is 0 Å². The summed E-state index contributed by atoms with van der Waals surface area (Å²) in [7, 11) is 0. The van der Waals surface area contributed by atoms with Crippen molar-refractivity contribution in [2.45, 2.75) is 83.1 Å². The molecule has 0 saturated carbocycles. The first-order chi connectivity index (χ1) is 63.5. The number of aryl methyl sites for hydroxylation is 10. The molecule has 0 aliphatic heterocycles. The Kier molecular flexibility index (Phi) is 30.3. The Morgan fingerprint density at radius 3 is 0.871 bits per heavy atom. The van der Waals surface area contributed by atoms with Gasteiger partial charge < -0.3 is 58.3 Å². The highest BCUT2D eigenvalue weighted by molar-refractivity contribution is 7.22. The zero-order valence-electron chi connectivity index (χ0n) is 73.7. The van der Waals surface area contributed by atoms with Crippen LogP contribution < -0.4 is 18.9 Å². The Morgan fingerprint density at radius 1 is 0.265 bits per heavy atom. The molecule has 0 unspecified atom stereocenters. The largest absolute Gasteiger partial charge is 0.508 e. The number of hydrogen-bond donors (Lipinski definition) is 4. The molecule has 664 valence electrons. The van der Waals surface area contributed by atoms with E-state index in [1.165, 1.54) is 70.4 Å². The van der Waals surface area contributed by atoms with Gasteiger partial charge in [0.1, 0.15) is 65.5 Å². The number of carbonyl (C=O) groups is 8. The van der Waals surface area contributed by atoms with E-state index in [0.29, 0.717) is 114 Å². The van der Waals surface area contributed by atoms with E-state index >= 15 is 0 Å². The van der Waals surface area contributed by atoms with E-state index < -0.39 is 0 Å². The van der Waals surface area contributed by atoms with E-state index in [1.807, 2.05) is 174 Å². The van der Waals surface area contributed by atoms with Crippen LogP contribution in [-0.2, 0) is 38.1 Å². The van der Waals surface area contributed by atoms with E-state index in [1.54, 1.807) is 146 Å². The fraction of sp³-hybridized carbons (Fsp3) is 0.111. The van der Waals surface area contributed by atoms with Gasteiger partial charge in [-0.3, -0.25) is 38.4 Å². The maximum atomic E-state index is 13.7. The molecule has 132 heavy (non-hydrogen) atoms. The van der Waals surface area contributed by atoms with Gasteiger partial charge in [-0.25, -0.2) is 0 Å². The van der Waals surface area contributed by atoms with Gasteiger partial charge in [0.2, 0.25) is 23.1 Å². The zero-order chi connectivity index (χ0) is 94.1. The number of aromatic hydroxyl groups is 4. The summed E-state index contributed by atoms with van der Waals surface area (Å²) in [6.45, 7) is 25.2. The van der Waals surface area contributed by atoms with Crippen LogP contribution >= 0.6 is 45.3 Å². The van der Waals surface area contributed by atoms with Gasteiger partial charge in [0.25, 0.3) is 25.9 Å². The molecule has 0 saturated heterocycles. The Labute approximate surface area is 776 Å². The van der Waals surface area contributed by atoms with Gasteiger partial charge in [0.05, 0.1) is 25.0 Å². The standard InChI is InChI=1S/4C27H22O5S/c1-16-12-20(13-17(2)18(16)3)25(30)27-26(23-9-6-21(29)14-24(23)33-27)32-22-7-4-19(5-8-22)10-11-31-15-28;1-16-12-18(3)23(13-17(16)2)25(30)27-26(22-9-6-20(29)14-24(22)33-27)32-21-7-4-19(5-8-21)10-11-31-15-28;1-16-12-17(2)18(3)23(13-16)25(30)27-26(22-9-6-20(29)14-24(22)33-27)32-21-7-4-19(5-8-21)10-11-31-15-28;1-16-12-17(2)24(18(3)13-16)25(30)27-26(22-9-6-20(29)14-23(22)33-27)32-21-7-4-19(5-8-21)10-11-31-15-28/h4*4-15,29H,1-3H3/b4*11-10+. The zero-order valence-corrected chi connectivity index (χ0v) is 76.9. The number of phenolic OH excluding ortho intramolecular Hbond substituents is 4. The summed E-state index contributed by atoms with van der Waals surface area (Å²) in [6, 6.07) is 64.4. The summed E-state index contributed by atoms with van der Waals surface area (Å²) in [6.07, 6.45) is 11.8. The molecular weight excluding hydrogens is 1750 g/mol. The van der Waals surface area contributed by atoms with Gasteiger partial charge in [0.15, 0.2) is 23.0 Å². The summed E-state index contributed by atoms with van der Waals surface area (Å²) >= 11 is 5.20. The van der Waals surface area contributed by atoms with Crippen molar-refractivity contribution < 1.29 is 96.7 Å². The average Bonchev–Trinajstić information content (AvgIpc) is 1.64. The predicted molar refractivity (Wildman–Crippen MR) is 521 cm³/mol. The summed E-state index contributed by atoms with van der Waals surface area (Å²) in [5.41, 5.74) is 18.2. The first kappa shape index (κ1) is 94.0. The monoisotopic (exact) mass is 1830 g/mol. The number of hydrogen-bond acceptors (Lipinski definition) is 24. The summed E-state index contributed by atoms with van der Waals surface area (Å²) < 4.78 is 46.2. The number of ether oxygens (including phenoxy) is 8. The maximum absolute atomic E-state index is 13.7. The molecular formula is C108H88O20S4. The maximum Gasteiger partial charge on any atom is 0.297 e. The quantitative estimate of drug-likeness (QED) is 0.0153. The smallest absolute Gasteiger partial charge is 0.297 e. The Hall–Kier alpha value is -15.6. The highest BCUT2D eigenvalue weighted by atomic mass is 32.1. The molecule has 0 fully saturated rings. The second-order valence-corrected chi connectivity index (χ2v) is 35.1. The van der Waals surface area contributed by atoms with Crippen LogP contribution in [0.3, 0.4) is 0 Å². The molecule has 0 bridgehead atoms. The molecule has 0 radical (unpaired) electrons. The minimum Gasteiger partial charge on any atom is -0.508 e. The number of rotatable bonds is 28. The van der Waals surface area contributed by atoms with Gasteiger partial charge in [-0.15, -0.1) is 45.3 Å². The van der Waals surface area contributed by atoms with Crippen LogP contribution in [0, 0.1) is 83.1 Å². The number of ketones is 4.